The smallest absolute Gasteiger partial charge is 0.244 e. The van der Waals surface area contributed by atoms with E-state index >= 15 is 0 Å². The van der Waals surface area contributed by atoms with Crippen LogP contribution in [0.1, 0.15) is 5.56 Å². The van der Waals surface area contributed by atoms with Crippen molar-refractivity contribution < 1.29 is 14.4 Å². The fraction of sp³-hybridized carbons (Fsp3) is 0.174. The van der Waals surface area contributed by atoms with E-state index in [9.17, 15) is 5.11 Å². The second-order valence-corrected chi connectivity index (χ2v) is 7.22. The summed E-state index contributed by atoms with van der Waals surface area (Å²) in [6, 6.07) is 21.8. The Balaban J connectivity index is 1.36. The quantitative estimate of drug-likeness (QED) is 0.481. The zero-order valence-corrected chi connectivity index (χ0v) is 16.2. The van der Waals surface area contributed by atoms with Crippen LogP contribution in [0.4, 0.5) is 0 Å². The highest BCUT2D eigenvalue weighted by atomic mass is 35.5. The molecule has 1 atom stereocenters. The highest BCUT2D eigenvalue weighted by Gasteiger charge is 2.13. The normalized spacial score (nSPS) is 12.2. The standard InChI is InChI=1S/C23H22ClN2O2/c24-22-10-4-2-7-19(22)14-25-12-13-26(17-25)15-20(27)16-28-23-11-5-8-18-6-1-3-9-21(18)23/h1-13,17,20,27H,14-16H2/q+1/t20-/m0/s1. The van der Waals surface area contributed by atoms with E-state index in [1.807, 2.05) is 82.5 Å². The lowest BCUT2D eigenvalue weighted by molar-refractivity contribution is -0.687. The van der Waals surface area contributed by atoms with Gasteiger partial charge in [-0.25, -0.2) is 9.13 Å². The number of rotatable bonds is 7. The number of aromatic nitrogens is 2. The van der Waals surface area contributed by atoms with Gasteiger partial charge >= 0.3 is 0 Å². The lowest BCUT2D eigenvalue weighted by Gasteiger charge is -2.12. The number of nitrogens with zero attached hydrogens (tertiary/aromatic N) is 2. The molecule has 0 unspecified atom stereocenters. The number of imidazole rings is 1. The Kier molecular flexibility index (Phi) is 5.60. The van der Waals surface area contributed by atoms with E-state index in [1.54, 1.807) is 0 Å². The van der Waals surface area contributed by atoms with Crippen LogP contribution in [0.5, 0.6) is 5.75 Å². The third kappa shape index (κ3) is 4.35. The largest absolute Gasteiger partial charge is 0.490 e. The second-order valence-electron chi connectivity index (χ2n) is 6.82. The number of benzene rings is 3. The van der Waals surface area contributed by atoms with Gasteiger partial charge in [-0.3, -0.25) is 0 Å². The minimum absolute atomic E-state index is 0.233. The minimum atomic E-state index is -0.611. The molecule has 0 fully saturated rings. The monoisotopic (exact) mass is 393 g/mol. The Morgan fingerprint density at radius 1 is 1.00 bits per heavy atom. The number of halogens is 1. The molecule has 0 spiro atoms. The van der Waals surface area contributed by atoms with Gasteiger partial charge < -0.3 is 9.84 Å². The summed E-state index contributed by atoms with van der Waals surface area (Å²) in [6.07, 6.45) is 5.27. The number of aliphatic hydroxyl groups excluding tert-OH is 1. The van der Waals surface area contributed by atoms with Crippen molar-refractivity contribution in [3.63, 3.8) is 0 Å². The van der Waals surface area contributed by atoms with Crippen LogP contribution < -0.4 is 9.30 Å². The number of hydrogen-bond acceptors (Lipinski definition) is 2. The molecule has 0 aliphatic rings. The fourth-order valence-corrected chi connectivity index (χ4v) is 3.46. The summed E-state index contributed by atoms with van der Waals surface area (Å²) >= 11 is 6.23. The minimum Gasteiger partial charge on any atom is -0.490 e. The maximum Gasteiger partial charge on any atom is 0.244 e. The van der Waals surface area contributed by atoms with E-state index in [2.05, 4.69) is 12.1 Å². The average Bonchev–Trinajstić information content (AvgIpc) is 3.15. The molecule has 5 heteroatoms. The molecule has 4 rings (SSSR count). The molecule has 0 amide bonds. The highest BCUT2D eigenvalue weighted by Crippen LogP contribution is 2.25. The first-order valence-electron chi connectivity index (χ1n) is 9.26. The molecule has 4 aromatic rings. The van der Waals surface area contributed by atoms with Crippen LogP contribution in [-0.4, -0.2) is 22.4 Å². The fourth-order valence-electron chi connectivity index (χ4n) is 3.27. The Hall–Kier alpha value is -2.82. The molecule has 4 nitrogen and oxygen atoms in total. The molecule has 0 saturated carbocycles. The van der Waals surface area contributed by atoms with Crippen molar-refractivity contribution in [2.24, 2.45) is 0 Å². The van der Waals surface area contributed by atoms with E-state index in [-0.39, 0.29) is 6.61 Å². The maximum absolute atomic E-state index is 10.4. The molecule has 0 aliphatic carbocycles. The van der Waals surface area contributed by atoms with E-state index < -0.39 is 6.10 Å². The van der Waals surface area contributed by atoms with Gasteiger partial charge in [0.25, 0.3) is 0 Å². The Bertz CT molecular complexity index is 1070. The molecule has 142 valence electrons. The zero-order chi connectivity index (χ0) is 19.3. The van der Waals surface area contributed by atoms with Crippen LogP contribution in [0, 0.1) is 0 Å². The van der Waals surface area contributed by atoms with Crippen LogP contribution >= 0.6 is 11.6 Å². The summed E-state index contributed by atoms with van der Waals surface area (Å²) in [4.78, 5) is 0. The van der Waals surface area contributed by atoms with Crippen molar-refractivity contribution in [2.45, 2.75) is 19.2 Å². The summed E-state index contributed by atoms with van der Waals surface area (Å²) in [5, 5.41) is 13.3. The number of ether oxygens (including phenoxy) is 1. The summed E-state index contributed by atoms with van der Waals surface area (Å²) in [5.74, 6) is 0.790. The lowest BCUT2D eigenvalue weighted by atomic mass is 10.1. The first kappa shape index (κ1) is 18.5. The average molecular weight is 394 g/mol. The number of fused-ring (bicyclic) bond motifs is 1. The van der Waals surface area contributed by atoms with Crippen molar-refractivity contribution in [3.05, 3.63) is 96.0 Å². The third-order valence-electron chi connectivity index (χ3n) is 4.66. The predicted octanol–water partition coefficient (Wildman–Crippen LogP) is 4.07. The summed E-state index contributed by atoms with van der Waals surface area (Å²) in [5.41, 5.74) is 1.06. The zero-order valence-electron chi connectivity index (χ0n) is 15.4. The van der Waals surface area contributed by atoms with Gasteiger partial charge in [-0.1, -0.05) is 66.2 Å². The van der Waals surface area contributed by atoms with Crippen molar-refractivity contribution in [3.8, 4) is 5.75 Å². The highest BCUT2D eigenvalue weighted by molar-refractivity contribution is 6.31. The van der Waals surface area contributed by atoms with Gasteiger partial charge in [0.1, 0.15) is 43.9 Å². The van der Waals surface area contributed by atoms with Gasteiger partial charge in [-0.05, 0) is 17.5 Å². The van der Waals surface area contributed by atoms with Gasteiger partial charge in [0.2, 0.25) is 6.33 Å². The van der Waals surface area contributed by atoms with Crippen LogP contribution in [0.2, 0.25) is 5.02 Å². The summed E-state index contributed by atoms with van der Waals surface area (Å²) < 4.78 is 9.88. The maximum atomic E-state index is 10.4. The molecule has 1 heterocycles. The van der Waals surface area contributed by atoms with Crippen molar-refractivity contribution in [1.82, 2.24) is 4.57 Å². The van der Waals surface area contributed by atoms with Crippen LogP contribution in [0.25, 0.3) is 10.8 Å². The van der Waals surface area contributed by atoms with E-state index in [1.165, 1.54) is 0 Å². The van der Waals surface area contributed by atoms with E-state index in [0.717, 1.165) is 27.1 Å². The van der Waals surface area contributed by atoms with E-state index in [0.29, 0.717) is 13.1 Å². The molecule has 3 aromatic carbocycles. The number of hydrogen-bond donors (Lipinski definition) is 1. The number of aliphatic hydroxyl groups is 1. The Labute approximate surface area is 169 Å². The summed E-state index contributed by atoms with van der Waals surface area (Å²) in [7, 11) is 0. The topological polar surface area (TPSA) is 38.3 Å². The van der Waals surface area contributed by atoms with Crippen molar-refractivity contribution in [2.75, 3.05) is 6.61 Å². The molecule has 28 heavy (non-hydrogen) atoms. The SMILES string of the molecule is O[C@H](COc1cccc2ccccc12)Cn1cc[n+](Cc2ccccc2Cl)c1. The second kappa shape index (κ2) is 8.46. The Morgan fingerprint density at radius 2 is 1.79 bits per heavy atom. The van der Waals surface area contributed by atoms with E-state index in [4.69, 9.17) is 16.3 Å². The molecule has 0 aliphatic heterocycles. The molecule has 1 aromatic heterocycles. The molecular weight excluding hydrogens is 372 g/mol. The lowest BCUT2D eigenvalue weighted by Crippen LogP contribution is -2.32. The van der Waals surface area contributed by atoms with Crippen LogP contribution in [0.15, 0.2) is 85.5 Å². The van der Waals surface area contributed by atoms with Gasteiger partial charge in [-0.15, -0.1) is 0 Å². The van der Waals surface area contributed by atoms with Crippen molar-refractivity contribution in [1.29, 1.82) is 0 Å². The van der Waals surface area contributed by atoms with Gasteiger partial charge in [0.15, 0.2) is 0 Å². The molecule has 0 saturated heterocycles. The molecule has 1 N–H and O–H groups in total. The predicted molar refractivity (Wildman–Crippen MR) is 111 cm³/mol. The van der Waals surface area contributed by atoms with Crippen LogP contribution in [0.3, 0.4) is 0 Å². The molecule has 0 radical (unpaired) electrons. The summed E-state index contributed by atoms with van der Waals surface area (Å²) in [6.45, 7) is 1.38. The first-order chi connectivity index (χ1) is 13.7. The third-order valence-corrected chi connectivity index (χ3v) is 5.03. The van der Waals surface area contributed by atoms with Crippen LogP contribution in [-0.2, 0) is 13.1 Å². The molecule has 0 bridgehead atoms. The first-order valence-corrected chi connectivity index (χ1v) is 9.64. The molecular formula is C23H22ClN2O2+. The van der Waals surface area contributed by atoms with Crippen molar-refractivity contribution >= 4 is 22.4 Å². The van der Waals surface area contributed by atoms with Gasteiger partial charge in [0, 0.05) is 16.0 Å². The van der Waals surface area contributed by atoms with Gasteiger partial charge in [0.05, 0.1) is 0 Å². The Morgan fingerprint density at radius 3 is 2.68 bits per heavy atom. The van der Waals surface area contributed by atoms with Gasteiger partial charge in [-0.2, -0.15) is 0 Å².